The van der Waals surface area contributed by atoms with Crippen LogP contribution in [0.5, 0.6) is 0 Å². The summed E-state index contributed by atoms with van der Waals surface area (Å²) in [4.78, 5) is 38.1. The van der Waals surface area contributed by atoms with Crippen molar-refractivity contribution in [2.45, 2.75) is 277 Å². The molecule has 0 aliphatic heterocycles. The lowest BCUT2D eigenvalue weighted by molar-refractivity contribution is -0.167. The second kappa shape index (κ2) is 56.2. The van der Waals surface area contributed by atoms with Crippen molar-refractivity contribution in [2.75, 3.05) is 13.2 Å². The van der Waals surface area contributed by atoms with Crippen molar-refractivity contribution in [1.29, 1.82) is 0 Å². The van der Waals surface area contributed by atoms with Crippen LogP contribution in [0.2, 0.25) is 0 Å². The van der Waals surface area contributed by atoms with Gasteiger partial charge in [0, 0.05) is 19.3 Å². The summed E-state index contributed by atoms with van der Waals surface area (Å²) in [6, 6.07) is 0. The molecular formula is C62H106O6. The molecule has 0 spiro atoms. The molecule has 0 saturated heterocycles. The van der Waals surface area contributed by atoms with Gasteiger partial charge in [0.05, 0.1) is 0 Å². The highest BCUT2D eigenvalue weighted by Gasteiger charge is 2.19. The molecule has 0 aliphatic carbocycles. The van der Waals surface area contributed by atoms with Gasteiger partial charge in [-0.1, -0.05) is 241 Å². The van der Waals surface area contributed by atoms with Gasteiger partial charge in [0.1, 0.15) is 13.2 Å². The highest BCUT2D eigenvalue weighted by molar-refractivity contribution is 5.71. The quantitative estimate of drug-likeness (QED) is 0.0262. The lowest BCUT2D eigenvalue weighted by Crippen LogP contribution is -2.30. The van der Waals surface area contributed by atoms with Crippen molar-refractivity contribution in [3.63, 3.8) is 0 Å². The molecule has 0 saturated carbocycles. The molecule has 0 fully saturated rings. The standard InChI is InChI=1S/C62H106O6/c1-4-7-10-13-16-19-22-24-26-28-30-31-33-34-36-38-40-43-46-49-52-55-61(64)67-58-59(57-66-60(63)54-51-48-45-42-21-18-15-12-9-6-3)68-62(65)56-53-50-47-44-41-39-37-35-32-29-27-25-23-20-17-14-11-8-5-2/h7,10,16-17,19-20,24-27,30-32,35,59H,4-6,8-9,11-15,18,21-23,28-29,33-34,36-58H2,1-3H3/b10-7-,19-16-,20-17-,26-24-,27-25-,31-30-,35-32-. The molecule has 0 aromatic carbocycles. The topological polar surface area (TPSA) is 78.9 Å². The zero-order valence-electron chi connectivity index (χ0n) is 44.6. The van der Waals surface area contributed by atoms with Crippen LogP contribution in [-0.4, -0.2) is 37.2 Å². The Hall–Kier alpha value is -3.41. The van der Waals surface area contributed by atoms with Gasteiger partial charge in [0.15, 0.2) is 6.10 Å². The number of allylic oxidation sites excluding steroid dienone is 14. The monoisotopic (exact) mass is 947 g/mol. The molecule has 6 heteroatoms. The van der Waals surface area contributed by atoms with E-state index < -0.39 is 6.10 Å². The Morgan fingerprint density at radius 3 is 0.926 bits per heavy atom. The van der Waals surface area contributed by atoms with E-state index in [4.69, 9.17) is 14.2 Å². The molecule has 0 bridgehead atoms. The lowest BCUT2D eigenvalue weighted by atomic mass is 10.1. The minimum Gasteiger partial charge on any atom is -0.462 e. The summed E-state index contributed by atoms with van der Waals surface area (Å²) >= 11 is 0. The van der Waals surface area contributed by atoms with Gasteiger partial charge in [-0.05, 0) is 96.3 Å². The SMILES string of the molecule is CC/C=C\C/C=C\C/C=C\C/C=C\CCCCCCCCCCC(=O)OCC(COC(=O)CCCCCCCCCCCC)OC(=O)CCCCCCCC/C=C\C/C=C\C/C=C\CCCCC. The first-order chi connectivity index (χ1) is 33.5. The van der Waals surface area contributed by atoms with Gasteiger partial charge in [0.2, 0.25) is 0 Å². The summed E-state index contributed by atoms with van der Waals surface area (Å²) in [5.41, 5.74) is 0. The van der Waals surface area contributed by atoms with Gasteiger partial charge in [-0.25, -0.2) is 0 Å². The van der Waals surface area contributed by atoms with E-state index in [0.717, 1.165) is 116 Å². The summed E-state index contributed by atoms with van der Waals surface area (Å²) in [7, 11) is 0. The van der Waals surface area contributed by atoms with E-state index in [1.54, 1.807) is 0 Å². The molecule has 0 radical (unpaired) electrons. The Balaban J connectivity index is 4.35. The third-order valence-corrected chi connectivity index (χ3v) is 12.1. The third kappa shape index (κ3) is 53.5. The Kier molecular flexibility index (Phi) is 53.4. The summed E-state index contributed by atoms with van der Waals surface area (Å²) < 4.78 is 16.8. The van der Waals surface area contributed by atoms with Crippen molar-refractivity contribution in [1.82, 2.24) is 0 Å². The molecule has 0 N–H and O–H groups in total. The van der Waals surface area contributed by atoms with Crippen LogP contribution >= 0.6 is 0 Å². The summed E-state index contributed by atoms with van der Waals surface area (Å²) in [5, 5.41) is 0. The lowest BCUT2D eigenvalue weighted by Gasteiger charge is -2.18. The van der Waals surface area contributed by atoms with E-state index >= 15 is 0 Å². The van der Waals surface area contributed by atoms with Crippen molar-refractivity contribution < 1.29 is 28.6 Å². The molecule has 68 heavy (non-hydrogen) atoms. The maximum Gasteiger partial charge on any atom is 0.306 e. The Morgan fingerprint density at radius 2 is 0.574 bits per heavy atom. The summed E-state index contributed by atoms with van der Waals surface area (Å²) in [6.07, 6.45) is 72.8. The third-order valence-electron chi connectivity index (χ3n) is 12.1. The van der Waals surface area contributed by atoms with E-state index in [0.29, 0.717) is 19.3 Å². The second-order valence-corrected chi connectivity index (χ2v) is 18.8. The van der Waals surface area contributed by atoms with Gasteiger partial charge in [-0.3, -0.25) is 14.4 Å². The number of carbonyl (C=O) groups excluding carboxylic acids is 3. The minimum atomic E-state index is -0.785. The molecule has 0 aromatic heterocycles. The number of unbranched alkanes of at least 4 members (excludes halogenated alkanes) is 26. The molecule has 390 valence electrons. The first kappa shape index (κ1) is 64.6. The molecule has 1 atom stereocenters. The minimum absolute atomic E-state index is 0.0830. The maximum absolute atomic E-state index is 12.8. The number of hydrogen-bond donors (Lipinski definition) is 0. The van der Waals surface area contributed by atoms with Crippen molar-refractivity contribution >= 4 is 17.9 Å². The highest BCUT2D eigenvalue weighted by Crippen LogP contribution is 2.15. The van der Waals surface area contributed by atoms with E-state index in [1.807, 2.05) is 0 Å². The van der Waals surface area contributed by atoms with E-state index in [9.17, 15) is 14.4 Å². The summed E-state index contributed by atoms with van der Waals surface area (Å²) in [6.45, 7) is 6.48. The van der Waals surface area contributed by atoms with Crippen molar-refractivity contribution in [2.24, 2.45) is 0 Å². The molecule has 0 aromatic rings. The predicted octanol–water partition coefficient (Wildman–Crippen LogP) is 19.2. The maximum atomic E-state index is 12.8. The zero-order chi connectivity index (χ0) is 49.3. The van der Waals surface area contributed by atoms with Crippen LogP contribution < -0.4 is 0 Å². The predicted molar refractivity (Wildman–Crippen MR) is 293 cm³/mol. The van der Waals surface area contributed by atoms with Crippen LogP contribution in [-0.2, 0) is 28.6 Å². The normalized spacial score (nSPS) is 12.7. The van der Waals surface area contributed by atoms with Crippen LogP contribution in [0.15, 0.2) is 85.1 Å². The molecule has 0 amide bonds. The number of rotatable bonds is 51. The van der Waals surface area contributed by atoms with E-state index in [2.05, 4.69) is 106 Å². The highest BCUT2D eigenvalue weighted by atomic mass is 16.6. The van der Waals surface area contributed by atoms with Crippen LogP contribution in [0.25, 0.3) is 0 Å². The number of ether oxygens (including phenoxy) is 3. The van der Waals surface area contributed by atoms with Gasteiger partial charge < -0.3 is 14.2 Å². The smallest absolute Gasteiger partial charge is 0.306 e. The number of hydrogen-bond acceptors (Lipinski definition) is 6. The Morgan fingerprint density at radius 1 is 0.309 bits per heavy atom. The van der Waals surface area contributed by atoms with Gasteiger partial charge in [-0.2, -0.15) is 0 Å². The average Bonchev–Trinajstić information content (AvgIpc) is 3.34. The van der Waals surface area contributed by atoms with Crippen LogP contribution in [0.1, 0.15) is 271 Å². The van der Waals surface area contributed by atoms with Gasteiger partial charge in [0.25, 0.3) is 0 Å². The molecule has 0 heterocycles. The van der Waals surface area contributed by atoms with E-state index in [-0.39, 0.29) is 31.1 Å². The molecule has 0 rings (SSSR count). The largest absolute Gasteiger partial charge is 0.462 e. The zero-order valence-corrected chi connectivity index (χ0v) is 44.6. The van der Waals surface area contributed by atoms with Gasteiger partial charge in [-0.15, -0.1) is 0 Å². The first-order valence-electron chi connectivity index (χ1n) is 28.6. The Labute approximate surface area is 420 Å². The molecule has 0 aliphatic rings. The number of esters is 3. The Bertz CT molecular complexity index is 1320. The van der Waals surface area contributed by atoms with E-state index in [1.165, 1.54) is 116 Å². The van der Waals surface area contributed by atoms with Crippen molar-refractivity contribution in [3.8, 4) is 0 Å². The number of carbonyl (C=O) groups is 3. The second-order valence-electron chi connectivity index (χ2n) is 18.8. The fourth-order valence-corrected chi connectivity index (χ4v) is 7.85. The fraction of sp³-hybridized carbons (Fsp3) is 0.726. The van der Waals surface area contributed by atoms with Crippen LogP contribution in [0, 0.1) is 0 Å². The molecule has 1 unspecified atom stereocenters. The fourth-order valence-electron chi connectivity index (χ4n) is 7.85. The van der Waals surface area contributed by atoms with Crippen LogP contribution in [0.3, 0.4) is 0 Å². The first-order valence-corrected chi connectivity index (χ1v) is 28.6. The summed E-state index contributed by atoms with van der Waals surface area (Å²) in [5.74, 6) is -0.900. The molecular weight excluding hydrogens is 841 g/mol. The van der Waals surface area contributed by atoms with Gasteiger partial charge >= 0.3 is 17.9 Å². The van der Waals surface area contributed by atoms with Crippen molar-refractivity contribution in [3.05, 3.63) is 85.1 Å². The van der Waals surface area contributed by atoms with Crippen LogP contribution in [0.4, 0.5) is 0 Å². The molecule has 6 nitrogen and oxygen atoms in total. The average molecular weight is 948 g/mol.